The quantitative estimate of drug-likeness (QED) is 0.844. The minimum Gasteiger partial charge on any atom is -0.374 e. The highest BCUT2D eigenvalue weighted by Gasteiger charge is 2.24. The molecule has 0 radical (unpaired) electrons. The van der Waals surface area contributed by atoms with E-state index in [2.05, 4.69) is 12.1 Å². The van der Waals surface area contributed by atoms with E-state index < -0.39 is 0 Å². The van der Waals surface area contributed by atoms with Crippen LogP contribution in [-0.4, -0.2) is 36.6 Å². The number of amides is 1. The van der Waals surface area contributed by atoms with Crippen LogP contribution in [0.15, 0.2) is 54.6 Å². The number of carbonyl (C=O) groups is 1. The van der Waals surface area contributed by atoms with Crippen LogP contribution in [0.25, 0.3) is 0 Å². The van der Waals surface area contributed by atoms with Crippen molar-refractivity contribution in [1.29, 1.82) is 0 Å². The molecule has 1 fully saturated rings. The number of rotatable bonds is 5. The van der Waals surface area contributed by atoms with Crippen molar-refractivity contribution in [3.63, 3.8) is 0 Å². The maximum Gasteiger partial charge on any atom is 0.223 e. The van der Waals surface area contributed by atoms with Crippen LogP contribution >= 0.6 is 0 Å². The summed E-state index contributed by atoms with van der Waals surface area (Å²) in [7, 11) is 0. The molecular weight excluding hydrogens is 305 g/mol. The molecule has 1 saturated heterocycles. The van der Waals surface area contributed by atoms with Crippen molar-refractivity contribution in [1.82, 2.24) is 4.90 Å². The molecule has 0 aromatic heterocycles. The molecule has 4 heteroatoms. The van der Waals surface area contributed by atoms with Gasteiger partial charge in [-0.25, -0.2) is 4.39 Å². The van der Waals surface area contributed by atoms with Crippen LogP contribution in [-0.2, 0) is 22.4 Å². The van der Waals surface area contributed by atoms with Crippen LogP contribution in [0.5, 0.6) is 0 Å². The highest BCUT2D eigenvalue weighted by molar-refractivity contribution is 5.76. The first kappa shape index (κ1) is 16.7. The number of benzene rings is 2. The van der Waals surface area contributed by atoms with Crippen molar-refractivity contribution < 1.29 is 13.9 Å². The Kier molecular flexibility index (Phi) is 5.59. The first-order chi connectivity index (χ1) is 11.7. The van der Waals surface area contributed by atoms with Gasteiger partial charge in [0.1, 0.15) is 5.82 Å². The number of morpholine rings is 1. The van der Waals surface area contributed by atoms with E-state index in [-0.39, 0.29) is 17.8 Å². The zero-order chi connectivity index (χ0) is 16.8. The van der Waals surface area contributed by atoms with Crippen molar-refractivity contribution >= 4 is 5.91 Å². The third-order valence-electron chi connectivity index (χ3n) is 4.34. The van der Waals surface area contributed by atoms with Crippen molar-refractivity contribution in [2.45, 2.75) is 25.4 Å². The normalized spacial score (nSPS) is 17.7. The zero-order valence-electron chi connectivity index (χ0n) is 13.7. The van der Waals surface area contributed by atoms with Gasteiger partial charge in [0.05, 0.1) is 12.7 Å². The molecule has 1 aliphatic rings. The summed E-state index contributed by atoms with van der Waals surface area (Å²) in [5.74, 6) is -0.109. The second kappa shape index (κ2) is 8.06. The SMILES string of the molecule is O=C(CCc1ccc(F)cc1)N1CCO[C@@H](Cc2ccccc2)C1. The van der Waals surface area contributed by atoms with Gasteiger partial charge in [0.25, 0.3) is 0 Å². The summed E-state index contributed by atoms with van der Waals surface area (Å²) in [6.07, 6.45) is 1.96. The van der Waals surface area contributed by atoms with Crippen molar-refractivity contribution in [2.75, 3.05) is 19.7 Å². The Labute approximate surface area is 142 Å². The molecule has 2 aromatic carbocycles. The van der Waals surface area contributed by atoms with Crippen LogP contribution in [0.4, 0.5) is 4.39 Å². The van der Waals surface area contributed by atoms with Gasteiger partial charge in [-0.3, -0.25) is 4.79 Å². The lowest BCUT2D eigenvalue weighted by Crippen LogP contribution is -2.46. The minimum absolute atomic E-state index is 0.0518. The summed E-state index contributed by atoms with van der Waals surface area (Å²) in [5, 5.41) is 0. The maximum absolute atomic E-state index is 12.9. The van der Waals surface area contributed by atoms with Gasteiger partial charge in [-0.2, -0.15) is 0 Å². The van der Waals surface area contributed by atoms with E-state index in [9.17, 15) is 9.18 Å². The van der Waals surface area contributed by atoms with Gasteiger partial charge in [-0.05, 0) is 29.7 Å². The largest absolute Gasteiger partial charge is 0.374 e. The number of hydrogen-bond donors (Lipinski definition) is 0. The molecule has 0 aliphatic carbocycles. The van der Waals surface area contributed by atoms with Crippen molar-refractivity contribution in [3.05, 3.63) is 71.5 Å². The summed E-state index contributed by atoms with van der Waals surface area (Å²) in [6, 6.07) is 16.5. The van der Waals surface area contributed by atoms with Gasteiger partial charge < -0.3 is 9.64 Å². The van der Waals surface area contributed by atoms with Crippen LogP contribution < -0.4 is 0 Å². The zero-order valence-corrected chi connectivity index (χ0v) is 13.7. The van der Waals surface area contributed by atoms with Gasteiger partial charge in [-0.15, -0.1) is 0 Å². The van der Waals surface area contributed by atoms with E-state index in [1.807, 2.05) is 23.1 Å². The van der Waals surface area contributed by atoms with Gasteiger partial charge in [-0.1, -0.05) is 42.5 Å². The number of halogens is 1. The van der Waals surface area contributed by atoms with E-state index in [1.165, 1.54) is 17.7 Å². The minimum atomic E-state index is -0.248. The molecule has 3 nitrogen and oxygen atoms in total. The van der Waals surface area contributed by atoms with Gasteiger partial charge in [0, 0.05) is 25.9 Å². The maximum atomic E-state index is 12.9. The Morgan fingerprint density at radius 1 is 1.08 bits per heavy atom. The average Bonchev–Trinajstić information content (AvgIpc) is 2.62. The van der Waals surface area contributed by atoms with E-state index in [0.29, 0.717) is 32.5 Å². The van der Waals surface area contributed by atoms with E-state index >= 15 is 0 Å². The van der Waals surface area contributed by atoms with E-state index in [1.54, 1.807) is 12.1 Å². The monoisotopic (exact) mass is 327 g/mol. The Balaban J connectivity index is 1.50. The number of carbonyl (C=O) groups excluding carboxylic acids is 1. The Bertz CT molecular complexity index is 657. The van der Waals surface area contributed by atoms with Crippen LogP contribution in [0.2, 0.25) is 0 Å². The van der Waals surface area contributed by atoms with Gasteiger partial charge in [0.15, 0.2) is 0 Å². The predicted molar refractivity (Wildman–Crippen MR) is 91.2 cm³/mol. The summed E-state index contributed by atoms with van der Waals surface area (Å²) < 4.78 is 18.7. The molecule has 0 spiro atoms. The lowest BCUT2D eigenvalue weighted by Gasteiger charge is -2.33. The summed E-state index contributed by atoms with van der Waals surface area (Å²) in [4.78, 5) is 14.3. The molecule has 0 saturated carbocycles. The van der Waals surface area contributed by atoms with Crippen LogP contribution in [0, 0.1) is 5.82 Å². The average molecular weight is 327 g/mol. The number of hydrogen-bond acceptors (Lipinski definition) is 2. The molecule has 3 rings (SSSR count). The first-order valence-electron chi connectivity index (χ1n) is 8.38. The fourth-order valence-electron chi connectivity index (χ4n) is 3.01. The fraction of sp³-hybridized carbons (Fsp3) is 0.350. The Hall–Kier alpha value is -2.20. The smallest absolute Gasteiger partial charge is 0.223 e. The lowest BCUT2D eigenvalue weighted by atomic mass is 10.1. The number of nitrogens with zero attached hydrogens (tertiary/aromatic N) is 1. The number of aryl methyl sites for hydroxylation is 1. The number of ether oxygens (including phenoxy) is 1. The Morgan fingerprint density at radius 2 is 1.83 bits per heavy atom. The highest BCUT2D eigenvalue weighted by atomic mass is 19.1. The second-order valence-electron chi connectivity index (χ2n) is 6.15. The molecule has 1 aliphatic heterocycles. The Morgan fingerprint density at radius 3 is 2.58 bits per heavy atom. The third kappa shape index (κ3) is 4.65. The molecule has 1 amide bonds. The van der Waals surface area contributed by atoms with Crippen molar-refractivity contribution in [2.24, 2.45) is 0 Å². The molecule has 0 unspecified atom stereocenters. The lowest BCUT2D eigenvalue weighted by molar-refractivity contribution is -0.138. The summed E-state index contributed by atoms with van der Waals surface area (Å²) >= 11 is 0. The molecule has 0 bridgehead atoms. The van der Waals surface area contributed by atoms with Crippen LogP contribution in [0.3, 0.4) is 0 Å². The molecule has 24 heavy (non-hydrogen) atoms. The fourth-order valence-corrected chi connectivity index (χ4v) is 3.01. The molecule has 1 atom stereocenters. The molecule has 2 aromatic rings. The van der Waals surface area contributed by atoms with E-state index in [4.69, 9.17) is 4.74 Å². The molecular formula is C20H22FNO2. The molecule has 126 valence electrons. The summed E-state index contributed by atoms with van der Waals surface area (Å²) in [5.41, 5.74) is 2.21. The molecule has 1 heterocycles. The molecule has 0 N–H and O–H groups in total. The van der Waals surface area contributed by atoms with Gasteiger partial charge >= 0.3 is 0 Å². The van der Waals surface area contributed by atoms with Gasteiger partial charge in [0.2, 0.25) is 5.91 Å². The van der Waals surface area contributed by atoms with Crippen LogP contribution in [0.1, 0.15) is 17.5 Å². The highest BCUT2D eigenvalue weighted by Crippen LogP contribution is 2.14. The first-order valence-corrected chi connectivity index (χ1v) is 8.38. The standard InChI is InChI=1S/C20H22FNO2/c21-18-9-6-16(7-10-18)8-11-20(23)22-12-13-24-19(15-22)14-17-4-2-1-3-5-17/h1-7,9-10,19H,8,11-15H2/t19-/m0/s1. The topological polar surface area (TPSA) is 29.5 Å². The summed E-state index contributed by atoms with van der Waals surface area (Å²) in [6.45, 7) is 1.87. The third-order valence-corrected chi connectivity index (χ3v) is 4.34. The predicted octanol–water partition coefficient (Wildman–Crippen LogP) is 3.23. The van der Waals surface area contributed by atoms with Crippen molar-refractivity contribution in [3.8, 4) is 0 Å². The van der Waals surface area contributed by atoms with E-state index in [0.717, 1.165) is 12.0 Å². The second-order valence-corrected chi connectivity index (χ2v) is 6.15.